The summed E-state index contributed by atoms with van der Waals surface area (Å²) >= 11 is 3.96. The van der Waals surface area contributed by atoms with Crippen molar-refractivity contribution in [3.05, 3.63) is 12.8 Å². The zero-order valence-corrected chi connectivity index (χ0v) is 6.32. The number of carbonyl (C=O) groups excluding carboxylic acids is 1. The predicted octanol–water partition coefficient (Wildman–Crippen LogP) is 0.607. The average Bonchev–Trinajstić information content (AvgIpc) is 1.82. The molecule has 0 amide bonds. The van der Waals surface area contributed by atoms with Crippen LogP contribution in [0.15, 0.2) is 12.8 Å². The summed E-state index contributed by atoms with van der Waals surface area (Å²) in [4.78, 5) is 10.6. The lowest BCUT2D eigenvalue weighted by atomic mass is 10.2. The molecule has 0 aliphatic rings. The Bertz CT molecular complexity index is 114. The van der Waals surface area contributed by atoms with Crippen molar-refractivity contribution in [3.63, 3.8) is 0 Å². The highest BCUT2D eigenvalue weighted by molar-refractivity contribution is 7.80. The highest BCUT2D eigenvalue weighted by atomic mass is 32.1. The van der Waals surface area contributed by atoms with Crippen LogP contribution >= 0.6 is 12.6 Å². The van der Waals surface area contributed by atoms with Gasteiger partial charge in [0.2, 0.25) is 0 Å². The van der Waals surface area contributed by atoms with E-state index in [2.05, 4.69) is 24.5 Å². The summed E-state index contributed by atoms with van der Waals surface area (Å²) < 4.78 is 0. The highest BCUT2D eigenvalue weighted by Gasteiger charge is 2.07. The van der Waals surface area contributed by atoms with Gasteiger partial charge in [-0.15, -0.1) is 0 Å². The summed E-state index contributed by atoms with van der Waals surface area (Å²) in [6.45, 7) is 4.96. The topological polar surface area (TPSA) is 29.1 Å². The summed E-state index contributed by atoms with van der Waals surface area (Å²) in [6, 6.07) is -0.175. The first-order valence-corrected chi connectivity index (χ1v) is 3.34. The van der Waals surface area contributed by atoms with Crippen LogP contribution in [0.2, 0.25) is 0 Å². The molecule has 2 nitrogen and oxygen atoms in total. The van der Waals surface area contributed by atoms with Gasteiger partial charge in [0.1, 0.15) is 0 Å². The Morgan fingerprint density at radius 1 is 2.00 bits per heavy atom. The number of ketones is 1. The third-order valence-corrected chi connectivity index (χ3v) is 1.36. The van der Waals surface area contributed by atoms with E-state index in [-0.39, 0.29) is 11.8 Å². The summed E-state index contributed by atoms with van der Waals surface area (Å²) in [6.07, 6.45) is 1.50. The van der Waals surface area contributed by atoms with E-state index in [4.69, 9.17) is 0 Å². The second-order valence-electron chi connectivity index (χ2n) is 1.72. The van der Waals surface area contributed by atoms with Crippen LogP contribution in [-0.2, 0) is 4.79 Å². The minimum atomic E-state index is -0.175. The van der Waals surface area contributed by atoms with E-state index in [1.165, 1.54) is 13.1 Å². The maximum atomic E-state index is 10.6. The van der Waals surface area contributed by atoms with Gasteiger partial charge in [-0.25, -0.2) is 0 Å². The van der Waals surface area contributed by atoms with Crippen molar-refractivity contribution >= 4 is 18.4 Å². The van der Waals surface area contributed by atoms with E-state index in [1.54, 1.807) is 0 Å². The van der Waals surface area contributed by atoms with Crippen molar-refractivity contribution in [2.75, 3.05) is 5.75 Å². The third kappa shape index (κ3) is 3.19. The largest absolute Gasteiger partial charge is 0.381 e. The number of hydrogen-bond acceptors (Lipinski definition) is 3. The number of carbonyl (C=O) groups is 1. The Morgan fingerprint density at radius 2 is 2.56 bits per heavy atom. The molecule has 1 atom stereocenters. The second kappa shape index (κ2) is 4.44. The number of nitrogens with one attached hydrogen (secondary N) is 1. The average molecular weight is 145 g/mol. The third-order valence-electron chi connectivity index (χ3n) is 0.992. The van der Waals surface area contributed by atoms with Crippen LogP contribution < -0.4 is 5.32 Å². The monoisotopic (exact) mass is 145 g/mol. The van der Waals surface area contributed by atoms with Gasteiger partial charge in [-0.1, -0.05) is 6.58 Å². The number of hydrogen-bond donors (Lipinski definition) is 2. The van der Waals surface area contributed by atoms with Crippen LogP contribution in [0.4, 0.5) is 0 Å². The van der Waals surface area contributed by atoms with Crippen LogP contribution in [0.25, 0.3) is 0 Å². The van der Waals surface area contributed by atoms with Crippen molar-refractivity contribution in [1.29, 1.82) is 0 Å². The van der Waals surface area contributed by atoms with E-state index in [0.29, 0.717) is 5.75 Å². The molecule has 52 valence electrons. The van der Waals surface area contributed by atoms with Gasteiger partial charge in [-0.05, 0) is 13.1 Å². The quantitative estimate of drug-likeness (QED) is 0.567. The van der Waals surface area contributed by atoms with Gasteiger partial charge in [0.05, 0.1) is 6.04 Å². The lowest BCUT2D eigenvalue weighted by Gasteiger charge is -2.08. The summed E-state index contributed by atoms with van der Waals surface area (Å²) in [5.74, 6) is 0.603. The zero-order chi connectivity index (χ0) is 7.28. The molecule has 0 aromatic carbocycles. The molecule has 0 heterocycles. The Morgan fingerprint density at radius 3 is 2.67 bits per heavy atom. The Kier molecular flexibility index (Phi) is 4.22. The van der Waals surface area contributed by atoms with Crippen LogP contribution in [0.3, 0.4) is 0 Å². The first-order valence-electron chi connectivity index (χ1n) is 2.70. The van der Waals surface area contributed by atoms with E-state index in [0.717, 1.165) is 0 Å². The maximum Gasteiger partial charge on any atom is 0.152 e. The molecule has 0 aliphatic carbocycles. The van der Waals surface area contributed by atoms with Crippen LogP contribution in [0, 0.1) is 0 Å². The first-order chi connectivity index (χ1) is 4.22. The first kappa shape index (κ1) is 8.56. The smallest absolute Gasteiger partial charge is 0.152 e. The van der Waals surface area contributed by atoms with Gasteiger partial charge in [-0.2, -0.15) is 12.6 Å². The van der Waals surface area contributed by atoms with Gasteiger partial charge in [0.25, 0.3) is 0 Å². The molecule has 0 fully saturated rings. The number of Topliss-reactive ketones (excluding diaryl/α,β-unsaturated/α-hetero) is 1. The molecular weight excluding hydrogens is 134 g/mol. The molecule has 0 saturated heterocycles. The van der Waals surface area contributed by atoms with Crippen molar-refractivity contribution in [2.45, 2.75) is 13.0 Å². The molecule has 0 aliphatic heterocycles. The number of rotatable bonds is 4. The molecule has 0 radical (unpaired) electrons. The van der Waals surface area contributed by atoms with Gasteiger partial charge < -0.3 is 5.32 Å². The molecule has 9 heavy (non-hydrogen) atoms. The molecule has 0 bridgehead atoms. The van der Waals surface area contributed by atoms with E-state index >= 15 is 0 Å². The van der Waals surface area contributed by atoms with Crippen molar-refractivity contribution in [3.8, 4) is 0 Å². The molecule has 1 N–H and O–H groups in total. The Balaban J connectivity index is 3.67. The minimum absolute atomic E-state index is 0.0879. The summed E-state index contributed by atoms with van der Waals surface area (Å²) in [5.41, 5.74) is 0. The van der Waals surface area contributed by atoms with E-state index in [1.807, 2.05) is 0 Å². The SMILES string of the molecule is C=CN[C@H](CS)C(C)=O. The van der Waals surface area contributed by atoms with Gasteiger partial charge >= 0.3 is 0 Å². The van der Waals surface area contributed by atoms with Gasteiger partial charge in [0, 0.05) is 5.75 Å². The predicted molar refractivity (Wildman–Crippen MR) is 41.7 cm³/mol. The lowest BCUT2D eigenvalue weighted by Crippen LogP contribution is -2.32. The second-order valence-corrected chi connectivity index (χ2v) is 2.08. The molecule has 0 aromatic heterocycles. The number of thiol groups is 1. The van der Waals surface area contributed by atoms with E-state index < -0.39 is 0 Å². The van der Waals surface area contributed by atoms with Crippen LogP contribution in [0.1, 0.15) is 6.92 Å². The van der Waals surface area contributed by atoms with Crippen LogP contribution in [-0.4, -0.2) is 17.6 Å². The zero-order valence-electron chi connectivity index (χ0n) is 5.42. The fraction of sp³-hybridized carbons (Fsp3) is 0.500. The van der Waals surface area contributed by atoms with Crippen molar-refractivity contribution in [1.82, 2.24) is 5.32 Å². The van der Waals surface area contributed by atoms with E-state index in [9.17, 15) is 4.79 Å². The van der Waals surface area contributed by atoms with Crippen molar-refractivity contribution < 1.29 is 4.79 Å². The fourth-order valence-corrected chi connectivity index (χ4v) is 0.803. The van der Waals surface area contributed by atoms with Gasteiger partial charge in [-0.3, -0.25) is 4.79 Å². The summed E-state index contributed by atoms with van der Waals surface area (Å²) in [7, 11) is 0. The molecule has 0 rings (SSSR count). The van der Waals surface area contributed by atoms with Crippen molar-refractivity contribution in [2.24, 2.45) is 0 Å². The van der Waals surface area contributed by atoms with Gasteiger partial charge in [0.15, 0.2) is 5.78 Å². The highest BCUT2D eigenvalue weighted by Crippen LogP contribution is 1.88. The standard InChI is InChI=1S/C6H11NOS/c1-3-7-6(4-9)5(2)8/h3,6-7,9H,1,4H2,2H3/t6-/m1/s1. The molecule has 0 saturated carbocycles. The molecule has 0 unspecified atom stereocenters. The summed E-state index contributed by atoms with van der Waals surface area (Å²) in [5, 5.41) is 2.77. The maximum absolute atomic E-state index is 10.6. The lowest BCUT2D eigenvalue weighted by molar-refractivity contribution is -0.118. The van der Waals surface area contributed by atoms with Crippen LogP contribution in [0.5, 0.6) is 0 Å². The Hall–Kier alpha value is -0.440. The molecule has 0 spiro atoms. The molecular formula is C6H11NOS. The normalized spacial score (nSPS) is 12.2. The molecule has 0 aromatic rings. The Labute approximate surface area is 60.7 Å². The fourth-order valence-electron chi connectivity index (χ4n) is 0.441. The molecule has 3 heteroatoms. The minimum Gasteiger partial charge on any atom is -0.381 e.